The summed E-state index contributed by atoms with van der Waals surface area (Å²) in [6.45, 7) is 8.96. The lowest BCUT2D eigenvalue weighted by atomic mass is 10.3. The van der Waals surface area contributed by atoms with Crippen molar-refractivity contribution in [3.05, 3.63) is 12.2 Å². The minimum absolute atomic E-state index is 0.343. The Morgan fingerprint density at radius 1 is 1.21 bits per heavy atom. The molecule has 0 aromatic heterocycles. The molecule has 0 aliphatic carbocycles. The van der Waals surface area contributed by atoms with Crippen LogP contribution in [0.3, 0.4) is 0 Å². The van der Waals surface area contributed by atoms with Gasteiger partial charge in [-0.3, -0.25) is 4.90 Å². The summed E-state index contributed by atoms with van der Waals surface area (Å²) in [5.74, 6) is 2.61. The summed E-state index contributed by atoms with van der Waals surface area (Å²) in [5.41, 5.74) is 0. The highest BCUT2D eigenvalue weighted by Gasteiger charge is 2.38. The molecule has 0 saturated carbocycles. The van der Waals surface area contributed by atoms with Gasteiger partial charge in [0.05, 0.1) is 0 Å². The molecule has 14 heavy (non-hydrogen) atoms. The van der Waals surface area contributed by atoms with E-state index in [4.69, 9.17) is 0 Å². The van der Waals surface area contributed by atoms with Gasteiger partial charge in [0.15, 0.2) is 0 Å². The molecule has 0 spiro atoms. The van der Waals surface area contributed by atoms with Crippen LogP contribution in [-0.2, 0) is 0 Å². The lowest BCUT2D eigenvalue weighted by Crippen LogP contribution is -2.41. The molecule has 0 amide bonds. The fraction of sp³-hybridized carbons (Fsp3) is 0.818. The van der Waals surface area contributed by atoms with Crippen molar-refractivity contribution in [2.75, 3.05) is 24.6 Å². The zero-order valence-corrected chi connectivity index (χ0v) is 11.1. The predicted molar refractivity (Wildman–Crippen MR) is 70.0 cm³/mol. The zero-order chi connectivity index (χ0) is 10.4. The first-order chi connectivity index (χ1) is 6.79. The molecular weight excluding hydrogens is 210 g/mol. The molecule has 1 fully saturated rings. The highest BCUT2D eigenvalue weighted by molar-refractivity contribution is 8.21. The van der Waals surface area contributed by atoms with Gasteiger partial charge in [0, 0.05) is 17.9 Å². The van der Waals surface area contributed by atoms with Crippen molar-refractivity contribution in [1.82, 2.24) is 4.90 Å². The monoisotopic (exact) mass is 231 g/mol. The van der Waals surface area contributed by atoms with Crippen molar-refractivity contribution in [3.8, 4) is 0 Å². The second-order valence-corrected chi connectivity index (χ2v) is 6.36. The highest BCUT2D eigenvalue weighted by atomic mass is 32.2. The largest absolute Gasteiger partial charge is 0.281 e. The van der Waals surface area contributed by atoms with Gasteiger partial charge in [-0.05, 0) is 20.0 Å². The van der Waals surface area contributed by atoms with Crippen molar-refractivity contribution in [2.24, 2.45) is 0 Å². The van der Waals surface area contributed by atoms with E-state index in [9.17, 15) is 0 Å². The van der Waals surface area contributed by atoms with Crippen molar-refractivity contribution < 1.29 is 0 Å². The summed E-state index contributed by atoms with van der Waals surface area (Å²) < 4.78 is 0.343. The van der Waals surface area contributed by atoms with Crippen LogP contribution < -0.4 is 0 Å². The molecule has 0 unspecified atom stereocenters. The van der Waals surface area contributed by atoms with E-state index in [1.807, 2.05) is 0 Å². The molecule has 1 aliphatic rings. The van der Waals surface area contributed by atoms with Crippen LogP contribution in [0.2, 0.25) is 0 Å². The molecule has 0 bridgehead atoms. The molecule has 1 saturated heterocycles. The number of thioether (sulfide) groups is 2. The summed E-state index contributed by atoms with van der Waals surface area (Å²) in [4.78, 5) is 2.59. The Morgan fingerprint density at radius 2 is 1.79 bits per heavy atom. The van der Waals surface area contributed by atoms with Crippen molar-refractivity contribution in [3.63, 3.8) is 0 Å². The number of hydrogen-bond acceptors (Lipinski definition) is 3. The highest BCUT2D eigenvalue weighted by Crippen LogP contribution is 2.48. The second-order valence-electron chi connectivity index (χ2n) is 3.36. The maximum Gasteiger partial charge on any atom is 0.117 e. The molecule has 1 aliphatic heterocycles. The van der Waals surface area contributed by atoms with Crippen LogP contribution in [0.1, 0.15) is 27.2 Å². The zero-order valence-electron chi connectivity index (χ0n) is 9.45. The van der Waals surface area contributed by atoms with E-state index in [1.54, 1.807) is 0 Å². The smallest absolute Gasteiger partial charge is 0.117 e. The van der Waals surface area contributed by atoms with E-state index < -0.39 is 0 Å². The molecule has 1 heterocycles. The Kier molecular flexibility index (Phi) is 5.42. The normalized spacial score (nSPS) is 21.1. The lowest BCUT2D eigenvalue weighted by molar-refractivity contribution is 0.262. The number of rotatable bonds is 5. The summed E-state index contributed by atoms with van der Waals surface area (Å²) in [6.07, 6.45) is 5.66. The van der Waals surface area contributed by atoms with Crippen LogP contribution in [0.15, 0.2) is 12.2 Å². The topological polar surface area (TPSA) is 3.24 Å². The Balaban J connectivity index is 2.68. The molecule has 0 atom stereocenters. The number of allylic oxidation sites excluding steroid dienone is 1. The van der Waals surface area contributed by atoms with E-state index in [0.717, 1.165) is 13.1 Å². The third-order valence-corrected chi connectivity index (χ3v) is 6.13. The summed E-state index contributed by atoms with van der Waals surface area (Å²) in [5, 5.41) is 0. The van der Waals surface area contributed by atoms with Gasteiger partial charge in [0.1, 0.15) is 4.20 Å². The maximum atomic E-state index is 2.59. The summed E-state index contributed by atoms with van der Waals surface area (Å²) >= 11 is 4.25. The van der Waals surface area contributed by atoms with Crippen LogP contribution in [-0.4, -0.2) is 33.7 Å². The molecule has 0 radical (unpaired) electrons. The summed E-state index contributed by atoms with van der Waals surface area (Å²) in [6, 6.07) is 0. The van der Waals surface area contributed by atoms with Gasteiger partial charge in [-0.25, -0.2) is 0 Å². The lowest BCUT2D eigenvalue weighted by Gasteiger charge is -2.37. The van der Waals surface area contributed by atoms with Crippen LogP contribution in [0, 0.1) is 0 Å². The van der Waals surface area contributed by atoms with Crippen molar-refractivity contribution in [1.29, 1.82) is 0 Å². The number of hydrogen-bond donors (Lipinski definition) is 0. The molecule has 0 aromatic rings. The summed E-state index contributed by atoms with van der Waals surface area (Å²) in [7, 11) is 0. The first kappa shape index (κ1) is 12.5. The van der Waals surface area contributed by atoms with Gasteiger partial charge in [-0.1, -0.05) is 26.0 Å². The minimum Gasteiger partial charge on any atom is -0.281 e. The van der Waals surface area contributed by atoms with Crippen molar-refractivity contribution in [2.45, 2.75) is 31.4 Å². The first-order valence-electron chi connectivity index (χ1n) is 5.43. The Hall–Kier alpha value is 0.400. The average molecular weight is 231 g/mol. The van der Waals surface area contributed by atoms with E-state index in [0.29, 0.717) is 4.20 Å². The minimum atomic E-state index is 0.343. The average Bonchev–Trinajstić information content (AvgIpc) is 2.67. The first-order valence-corrected chi connectivity index (χ1v) is 7.40. The third kappa shape index (κ3) is 2.71. The molecule has 1 rings (SSSR count). The number of nitrogens with zero attached hydrogens (tertiary/aromatic N) is 1. The molecule has 3 heteroatoms. The van der Waals surface area contributed by atoms with Gasteiger partial charge in [0.2, 0.25) is 0 Å². The Morgan fingerprint density at radius 3 is 2.21 bits per heavy atom. The van der Waals surface area contributed by atoms with Crippen LogP contribution in [0.4, 0.5) is 0 Å². The van der Waals surface area contributed by atoms with Gasteiger partial charge < -0.3 is 0 Å². The van der Waals surface area contributed by atoms with E-state index in [2.05, 4.69) is 61.3 Å². The van der Waals surface area contributed by atoms with Crippen LogP contribution >= 0.6 is 23.5 Å². The van der Waals surface area contributed by atoms with E-state index >= 15 is 0 Å². The molecular formula is C11H21NS2. The third-order valence-electron chi connectivity index (χ3n) is 2.60. The van der Waals surface area contributed by atoms with Crippen LogP contribution in [0.25, 0.3) is 0 Å². The van der Waals surface area contributed by atoms with Crippen LogP contribution in [0.5, 0.6) is 0 Å². The van der Waals surface area contributed by atoms with Gasteiger partial charge >= 0.3 is 0 Å². The predicted octanol–water partition coefficient (Wildman–Crippen LogP) is 3.43. The molecule has 0 aromatic carbocycles. The van der Waals surface area contributed by atoms with Gasteiger partial charge in [-0.15, -0.1) is 23.5 Å². The van der Waals surface area contributed by atoms with Gasteiger partial charge in [0.25, 0.3) is 0 Å². The quantitative estimate of drug-likeness (QED) is 0.667. The standard InChI is InChI=1S/C11H21NS2/c1-4-7-8-11(12(5-2)6-3)13-9-10-14-11/h4,7H,5-6,8-10H2,1-3H3/b7-4+. The Bertz CT molecular complexity index is 182. The molecule has 1 nitrogen and oxygen atoms in total. The van der Waals surface area contributed by atoms with E-state index in [1.165, 1.54) is 17.9 Å². The second kappa shape index (κ2) is 6.09. The maximum absolute atomic E-state index is 2.59. The molecule has 0 N–H and O–H groups in total. The molecule has 82 valence electrons. The Labute approximate surface area is 96.7 Å². The fourth-order valence-electron chi connectivity index (χ4n) is 1.85. The van der Waals surface area contributed by atoms with Crippen molar-refractivity contribution >= 4 is 23.5 Å². The fourth-order valence-corrected chi connectivity index (χ4v) is 5.29. The van der Waals surface area contributed by atoms with E-state index in [-0.39, 0.29) is 0 Å². The van der Waals surface area contributed by atoms with Gasteiger partial charge in [-0.2, -0.15) is 0 Å². The SMILES string of the molecule is C/C=C/CC1(N(CC)CC)SCCS1.